The second-order valence-electron chi connectivity index (χ2n) is 6.60. The molecule has 0 bridgehead atoms. The molecule has 136 valence electrons. The van der Waals surface area contributed by atoms with Crippen LogP contribution in [0.3, 0.4) is 0 Å². The fourth-order valence-electron chi connectivity index (χ4n) is 3.13. The number of aryl methyl sites for hydroxylation is 1. The lowest BCUT2D eigenvalue weighted by molar-refractivity contribution is -0.486. The van der Waals surface area contributed by atoms with Crippen molar-refractivity contribution in [2.45, 2.75) is 25.4 Å². The summed E-state index contributed by atoms with van der Waals surface area (Å²) in [6.45, 7) is 2.94. The van der Waals surface area contributed by atoms with Crippen molar-refractivity contribution in [1.29, 1.82) is 5.26 Å². The van der Waals surface area contributed by atoms with Gasteiger partial charge in [-0.25, -0.2) is 0 Å². The zero-order valence-corrected chi connectivity index (χ0v) is 14.9. The molecular formula is C20H17N3O4. The number of ether oxygens (including phenoxy) is 1. The zero-order chi connectivity index (χ0) is 19.6. The Kier molecular flexibility index (Phi) is 4.74. The molecule has 2 atom stereocenters. The number of nitriles is 1. The largest absolute Gasteiger partial charge is 0.460 e. The molecule has 3 rings (SSSR count). The van der Waals surface area contributed by atoms with Gasteiger partial charge in [-0.3, -0.25) is 14.9 Å². The van der Waals surface area contributed by atoms with E-state index in [0.717, 1.165) is 5.56 Å². The summed E-state index contributed by atoms with van der Waals surface area (Å²) in [5.41, 5.74) is 1.10. The second-order valence-corrected chi connectivity index (χ2v) is 6.60. The van der Waals surface area contributed by atoms with Crippen LogP contribution < -0.4 is 0 Å². The molecular weight excluding hydrogens is 346 g/mol. The first-order chi connectivity index (χ1) is 12.8. The molecule has 0 unspecified atom stereocenters. The van der Waals surface area contributed by atoms with Crippen molar-refractivity contribution in [3.05, 3.63) is 80.9 Å². The first-order valence-corrected chi connectivity index (χ1v) is 8.34. The Morgan fingerprint density at radius 1 is 1.30 bits per heavy atom. The van der Waals surface area contributed by atoms with Gasteiger partial charge in [0, 0.05) is 10.5 Å². The van der Waals surface area contributed by atoms with Gasteiger partial charge in [0.25, 0.3) is 5.91 Å². The summed E-state index contributed by atoms with van der Waals surface area (Å²) in [6, 6.07) is 15.7. The summed E-state index contributed by atoms with van der Waals surface area (Å²) in [7, 11) is 0. The summed E-state index contributed by atoms with van der Waals surface area (Å²) in [5.74, 6) is -1.25. The van der Waals surface area contributed by atoms with Gasteiger partial charge in [0.05, 0.1) is 17.6 Å². The number of nitrogens with zero attached hydrogens (tertiary/aromatic N) is 3. The van der Waals surface area contributed by atoms with Crippen LogP contribution in [0.15, 0.2) is 53.5 Å². The number of carbonyl (C=O) groups excluding carboxylic acids is 1. The predicted molar refractivity (Wildman–Crippen MR) is 98.0 cm³/mol. The van der Waals surface area contributed by atoms with Gasteiger partial charge in [-0.15, -0.1) is 0 Å². The van der Waals surface area contributed by atoms with Crippen molar-refractivity contribution in [2.24, 2.45) is 4.99 Å². The normalized spacial score (nSPS) is 19.7. The number of hydrogen-bond acceptors (Lipinski definition) is 5. The maximum Gasteiger partial charge on any atom is 0.293 e. The summed E-state index contributed by atoms with van der Waals surface area (Å²) in [4.78, 5) is 27.5. The quantitative estimate of drug-likeness (QED) is 0.600. The van der Waals surface area contributed by atoms with Gasteiger partial charge in [0.15, 0.2) is 0 Å². The molecule has 1 heterocycles. The minimum Gasteiger partial charge on any atom is -0.460 e. The highest BCUT2D eigenvalue weighted by Crippen LogP contribution is 2.37. The number of carbonyl (C=O) groups is 1. The summed E-state index contributed by atoms with van der Waals surface area (Å²) >= 11 is 0. The van der Waals surface area contributed by atoms with Gasteiger partial charge in [0.2, 0.25) is 18.0 Å². The molecule has 0 saturated carbocycles. The van der Waals surface area contributed by atoms with E-state index in [1.807, 2.05) is 31.2 Å². The van der Waals surface area contributed by atoms with Crippen LogP contribution in [0.25, 0.3) is 0 Å². The summed E-state index contributed by atoms with van der Waals surface area (Å²) < 4.78 is 5.91. The van der Waals surface area contributed by atoms with E-state index in [0.29, 0.717) is 16.7 Å². The average molecular weight is 363 g/mol. The lowest BCUT2D eigenvalue weighted by atomic mass is 9.82. The van der Waals surface area contributed by atoms with Gasteiger partial charge in [-0.1, -0.05) is 29.8 Å². The molecule has 0 fully saturated rings. The maximum atomic E-state index is 12.7. The molecule has 2 aromatic rings. The van der Waals surface area contributed by atoms with E-state index in [-0.39, 0.29) is 5.90 Å². The van der Waals surface area contributed by atoms with Crippen molar-refractivity contribution in [1.82, 2.24) is 0 Å². The zero-order valence-electron chi connectivity index (χ0n) is 14.9. The molecule has 0 spiro atoms. The predicted octanol–water partition coefficient (Wildman–Crippen LogP) is 2.99. The molecule has 1 amide bonds. The van der Waals surface area contributed by atoms with E-state index in [4.69, 9.17) is 10.00 Å². The number of nitro groups is 1. The highest BCUT2D eigenvalue weighted by molar-refractivity contribution is 6.09. The van der Waals surface area contributed by atoms with Crippen molar-refractivity contribution in [3.8, 4) is 6.07 Å². The molecule has 1 aliphatic rings. The molecule has 2 aromatic carbocycles. The van der Waals surface area contributed by atoms with Crippen LogP contribution in [0.4, 0.5) is 0 Å². The standard InChI is InChI=1S/C20H17N3O4/c1-13-4-3-5-16(10-13)18-22-19(24)20(2,27-18)17(12-23(25)26)15-8-6-14(11-21)7-9-15/h3-10,17H,12H2,1-2H3/t17-,20+/m1/s1. The average Bonchev–Trinajstić information content (AvgIpc) is 2.95. The van der Waals surface area contributed by atoms with Crippen molar-refractivity contribution < 1.29 is 14.5 Å². The van der Waals surface area contributed by atoms with E-state index >= 15 is 0 Å². The van der Waals surface area contributed by atoms with E-state index in [1.54, 1.807) is 30.3 Å². The molecule has 0 radical (unpaired) electrons. The van der Waals surface area contributed by atoms with Crippen molar-refractivity contribution in [3.63, 3.8) is 0 Å². The molecule has 7 nitrogen and oxygen atoms in total. The molecule has 0 aliphatic carbocycles. The van der Waals surface area contributed by atoms with Crippen LogP contribution in [0.1, 0.15) is 35.1 Å². The number of benzene rings is 2. The monoisotopic (exact) mass is 363 g/mol. The third kappa shape index (κ3) is 3.55. The van der Waals surface area contributed by atoms with E-state index in [9.17, 15) is 14.9 Å². The van der Waals surface area contributed by atoms with Gasteiger partial charge in [0.1, 0.15) is 0 Å². The number of rotatable bonds is 5. The third-order valence-corrected chi connectivity index (χ3v) is 4.64. The Labute approximate surface area is 156 Å². The Balaban J connectivity index is 1.97. The minimum absolute atomic E-state index is 0.160. The number of aliphatic imine (C=N–C) groups is 1. The SMILES string of the molecule is Cc1cccc(C2=NC(=O)[C@](C)([C@H](C[N+](=O)[O-])c3ccc(C#N)cc3)O2)c1. The Morgan fingerprint density at radius 3 is 2.59 bits per heavy atom. The van der Waals surface area contributed by atoms with Gasteiger partial charge in [-0.05, 0) is 43.7 Å². The molecule has 0 saturated heterocycles. The Bertz CT molecular complexity index is 975. The van der Waals surface area contributed by atoms with Crippen LogP contribution in [0.5, 0.6) is 0 Å². The number of amides is 1. The minimum atomic E-state index is -1.50. The fraction of sp³-hybridized carbons (Fsp3) is 0.250. The molecule has 0 N–H and O–H groups in total. The summed E-state index contributed by atoms with van der Waals surface area (Å²) in [6.07, 6.45) is 0. The van der Waals surface area contributed by atoms with Crippen LogP contribution in [-0.2, 0) is 9.53 Å². The molecule has 27 heavy (non-hydrogen) atoms. The maximum absolute atomic E-state index is 12.7. The van der Waals surface area contributed by atoms with Crippen LogP contribution in [0, 0.1) is 28.4 Å². The lowest BCUT2D eigenvalue weighted by Gasteiger charge is -2.29. The van der Waals surface area contributed by atoms with E-state index < -0.39 is 28.9 Å². The molecule has 0 aromatic heterocycles. The van der Waals surface area contributed by atoms with Gasteiger partial charge >= 0.3 is 0 Å². The molecule has 7 heteroatoms. The summed E-state index contributed by atoms with van der Waals surface area (Å²) in [5, 5.41) is 20.2. The highest BCUT2D eigenvalue weighted by atomic mass is 16.6. The third-order valence-electron chi connectivity index (χ3n) is 4.64. The van der Waals surface area contributed by atoms with E-state index in [1.165, 1.54) is 6.92 Å². The van der Waals surface area contributed by atoms with Crippen LogP contribution in [-0.4, -0.2) is 28.9 Å². The van der Waals surface area contributed by atoms with Crippen molar-refractivity contribution in [2.75, 3.05) is 6.54 Å². The van der Waals surface area contributed by atoms with Crippen LogP contribution >= 0.6 is 0 Å². The second kappa shape index (κ2) is 7.00. The fourth-order valence-corrected chi connectivity index (χ4v) is 3.13. The number of hydrogen-bond donors (Lipinski definition) is 0. The lowest BCUT2D eigenvalue weighted by Crippen LogP contribution is -2.43. The molecule has 1 aliphatic heterocycles. The van der Waals surface area contributed by atoms with Crippen molar-refractivity contribution >= 4 is 11.8 Å². The Hall–Kier alpha value is -3.53. The van der Waals surface area contributed by atoms with Crippen LogP contribution in [0.2, 0.25) is 0 Å². The van der Waals surface area contributed by atoms with Gasteiger partial charge in [-0.2, -0.15) is 10.3 Å². The van der Waals surface area contributed by atoms with Gasteiger partial charge < -0.3 is 4.74 Å². The Morgan fingerprint density at radius 2 is 2.00 bits per heavy atom. The first-order valence-electron chi connectivity index (χ1n) is 8.34. The van der Waals surface area contributed by atoms with E-state index in [2.05, 4.69) is 4.99 Å². The smallest absolute Gasteiger partial charge is 0.293 e. The first kappa shape index (κ1) is 18.3. The highest BCUT2D eigenvalue weighted by Gasteiger charge is 2.51. The topological polar surface area (TPSA) is 106 Å².